The first kappa shape index (κ1) is 14.1. The highest BCUT2D eigenvalue weighted by Crippen LogP contribution is 2.34. The van der Waals surface area contributed by atoms with Crippen molar-refractivity contribution >= 4 is 23.4 Å². The molecule has 0 saturated heterocycles. The number of carbonyl (C=O) groups is 2. The minimum Gasteiger partial charge on any atom is -0.481 e. The summed E-state index contributed by atoms with van der Waals surface area (Å²) in [6.07, 6.45) is 3.71. The van der Waals surface area contributed by atoms with Gasteiger partial charge in [0.05, 0.1) is 10.9 Å². The molecule has 0 radical (unpaired) electrons. The average molecular weight is 281 g/mol. The number of halogens is 1. The number of aliphatic carboxylic acids is 1. The SMILES string of the molecule is O=C(C[C@@H]1CCCC[C@H]1C(=O)O)c1ccccc1Cl. The summed E-state index contributed by atoms with van der Waals surface area (Å²) >= 11 is 6.00. The van der Waals surface area contributed by atoms with Gasteiger partial charge in [0.1, 0.15) is 0 Å². The fourth-order valence-corrected chi connectivity index (χ4v) is 3.05. The topological polar surface area (TPSA) is 54.4 Å². The van der Waals surface area contributed by atoms with Gasteiger partial charge in [-0.05, 0) is 30.9 Å². The average Bonchev–Trinajstić information content (AvgIpc) is 2.39. The molecule has 1 aromatic rings. The van der Waals surface area contributed by atoms with Crippen LogP contribution >= 0.6 is 11.6 Å². The zero-order valence-electron chi connectivity index (χ0n) is 10.6. The van der Waals surface area contributed by atoms with E-state index in [1.54, 1.807) is 24.3 Å². The Kier molecular flexibility index (Phi) is 4.59. The smallest absolute Gasteiger partial charge is 0.306 e. The van der Waals surface area contributed by atoms with E-state index in [1.807, 2.05) is 0 Å². The van der Waals surface area contributed by atoms with Gasteiger partial charge in [-0.25, -0.2) is 0 Å². The number of rotatable bonds is 4. The Morgan fingerprint density at radius 1 is 1.21 bits per heavy atom. The van der Waals surface area contributed by atoms with Crippen LogP contribution in [-0.4, -0.2) is 16.9 Å². The highest BCUT2D eigenvalue weighted by Gasteiger charge is 2.32. The van der Waals surface area contributed by atoms with Crippen molar-refractivity contribution in [1.82, 2.24) is 0 Å². The Morgan fingerprint density at radius 2 is 1.89 bits per heavy atom. The molecule has 4 heteroatoms. The minimum absolute atomic E-state index is 0.0521. The monoisotopic (exact) mass is 280 g/mol. The van der Waals surface area contributed by atoms with Crippen molar-refractivity contribution in [2.24, 2.45) is 11.8 Å². The molecule has 0 amide bonds. The predicted molar refractivity (Wildman–Crippen MR) is 73.5 cm³/mol. The second-order valence-corrected chi connectivity index (χ2v) is 5.50. The molecule has 0 aromatic heterocycles. The van der Waals surface area contributed by atoms with Crippen LogP contribution in [-0.2, 0) is 4.79 Å². The van der Waals surface area contributed by atoms with E-state index in [-0.39, 0.29) is 24.0 Å². The maximum Gasteiger partial charge on any atom is 0.306 e. The normalized spacial score (nSPS) is 23.0. The first-order chi connectivity index (χ1) is 9.09. The molecule has 0 heterocycles. The molecule has 0 bridgehead atoms. The standard InChI is InChI=1S/C15H17ClO3/c16-13-8-4-3-7-12(13)14(17)9-10-5-1-2-6-11(10)15(18)19/h3-4,7-8,10-11H,1-2,5-6,9H2,(H,18,19)/t10-,11+/m0/s1. The summed E-state index contributed by atoms with van der Waals surface area (Å²) in [7, 11) is 0. The zero-order chi connectivity index (χ0) is 13.8. The van der Waals surface area contributed by atoms with Crippen LogP contribution in [0.2, 0.25) is 5.02 Å². The van der Waals surface area contributed by atoms with Crippen molar-refractivity contribution in [3.05, 3.63) is 34.9 Å². The lowest BCUT2D eigenvalue weighted by atomic mass is 9.76. The number of benzene rings is 1. The van der Waals surface area contributed by atoms with Gasteiger partial charge in [0, 0.05) is 12.0 Å². The Balaban J connectivity index is 2.09. The van der Waals surface area contributed by atoms with Crippen molar-refractivity contribution in [3.8, 4) is 0 Å². The number of ketones is 1. The third-order valence-corrected chi connectivity index (χ3v) is 4.18. The van der Waals surface area contributed by atoms with Crippen molar-refractivity contribution in [2.45, 2.75) is 32.1 Å². The molecule has 0 unspecified atom stereocenters. The van der Waals surface area contributed by atoms with Gasteiger partial charge in [-0.15, -0.1) is 0 Å². The zero-order valence-corrected chi connectivity index (χ0v) is 11.4. The van der Waals surface area contributed by atoms with Crippen LogP contribution < -0.4 is 0 Å². The molecule has 2 atom stereocenters. The summed E-state index contributed by atoms with van der Waals surface area (Å²) in [6.45, 7) is 0. The maximum atomic E-state index is 12.2. The number of carboxylic acids is 1. The molecule has 0 aliphatic heterocycles. The van der Waals surface area contributed by atoms with E-state index in [4.69, 9.17) is 11.6 Å². The van der Waals surface area contributed by atoms with Crippen LogP contribution in [0.25, 0.3) is 0 Å². The van der Waals surface area contributed by atoms with Crippen molar-refractivity contribution in [2.75, 3.05) is 0 Å². The van der Waals surface area contributed by atoms with E-state index in [2.05, 4.69) is 0 Å². The van der Waals surface area contributed by atoms with Gasteiger partial charge >= 0.3 is 5.97 Å². The molecule has 102 valence electrons. The van der Waals surface area contributed by atoms with Crippen LogP contribution in [0, 0.1) is 11.8 Å². The lowest BCUT2D eigenvalue weighted by molar-refractivity contribution is -0.144. The van der Waals surface area contributed by atoms with Gasteiger partial charge in [0.15, 0.2) is 5.78 Å². The van der Waals surface area contributed by atoms with Crippen LogP contribution in [0.3, 0.4) is 0 Å². The quantitative estimate of drug-likeness (QED) is 0.854. The molecule has 1 saturated carbocycles. The third-order valence-electron chi connectivity index (χ3n) is 3.85. The molecule has 1 aliphatic rings. The van der Waals surface area contributed by atoms with Gasteiger partial charge in [-0.1, -0.05) is 36.6 Å². The molecule has 1 N–H and O–H groups in total. The summed E-state index contributed by atoms with van der Waals surface area (Å²) in [6, 6.07) is 6.93. The Bertz CT molecular complexity index is 484. The number of carbonyl (C=O) groups excluding carboxylic acids is 1. The number of carboxylic acid groups (broad SMARTS) is 1. The molecular weight excluding hydrogens is 264 g/mol. The molecule has 1 fully saturated rings. The fraction of sp³-hybridized carbons (Fsp3) is 0.467. The first-order valence-electron chi connectivity index (χ1n) is 6.60. The highest BCUT2D eigenvalue weighted by atomic mass is 35.5. The number of Topliss-reactive ketones (excluding diaryl/α,β-unsaturated/α-hetero) is 1. The van der Waals surface area contributed by atoms with Crippen LogP contribution in [0.5, 0.6) is 0 Å². The first-order valence-corrected chi connectivity index (χ1v) is 6.98. The van der Waals surface area contributed by atoms with E-state index >= 15 is 0 Å². The molecule has 1 aromatic carbocycles. The second kappa shape index (κ2) is 6.20. The Labute approximate surface area is 117 Å². The summed E-state index contributed by atoms with van der Waals surface area (Å²) < 4.78 is 0. The molecule has 0 spiro atoms. The summed E-state index contributed by atoms with van der Waals surface area (Å²) in [5.74, 6) is -1.28. The largest absolute Gasteiger partial charge is 0.481 e. The molecule has 19 heavy (non-hydrogen) atoms. The van der Waals surface area contributed by atoms with Crippen LogP contribution in [0.4, 0.5) is 0 Å². The lowest BCUT2D eigenvalue weighted by Gasteiger charge is -2.28. The number of hydrogen-bond donors (Lipinski definition) is 1. The third kappa shape index (κ3) is 3.35. The summed E-state index contributed by atoms with van der Waals surface area (Å²) in [5, 5.41) is 9.65. The predicted octanol–water partition coefficient (Wildman–Crippen LogP) is 3.80. The van der Waals surface area contributed by atoms with Crippen molar-refractivity contribution in [1.29, 1.82) is 0 Å². The fourth-order valence-electron chi connectivity index (χ4n) is 2.81. The van der Waals surface area contributed by atoms with Gasteiger partial charge in [-0.3, -0.25) is 9.59 Å². The molecule has 3 nitrogen and oxygen atoms in total. The van der Waals surface area contributed by atoms with Gasteiger partial charge < -0.3 is 5.11 Å². The lowest BCUT2D eigenvalue weighted by Crippen LogP contribution is -2.28. The van der Waals surface area contributed by atoms with E-state index in [9.17, 15) is 14.7 Å². The van der Waals surface area contributed by atoms with Gasteiger partial charge in [0.25, 0.3) is 0 Å². The van der Waals surface area contributed by atoms with E-state index in [1.165, 1.54) is 0 Å². The van der Waals surface area contributed by atoms with E-state index in [0.717, 1.165) is 19.3 Å². The highest BCUT2D eigenvalue weighted by molar-refractivity contribution is 6.33. The molecule has 1 aliphatic carbocycles. The molecule has 2 rings (SSSR count). The number of hydrogen-bond acceptors (Lipinski definition) is 2. The minimum atomic E-state index is -0.781. The van der Waals surface area contributed by atoms with Crippen LogP contribution in [0.1, 0.15) is 42.5 Å². The van der Waals surface area contributed by atoms with Crippen LogP contribution in [0.15, 0.2) is 24.3 Å². The van der Waals surface area contributed by atoms with E-state index in [0.29, 0.717) is 17.0 Å². The van der Waals surface area contributed by atoms with E-state index < -0.39 is 5.97 Å². The second-order valence-electron chi connectivity index (χ2n) is 5.10. The van der Waals surface area contributed by atoms with Gasteiger partial charge in [0.2, 0.25) is 0 Å². The maximum absolute atomic E-state index is 12.2. The Morgan fingerprint density at radius 3 is 2.58 bits per heavy atom. The Hall–Kier alpha value is -1.35. The summed E-state index contributed by atoms with van der Waals surface area (Å²) in [5.41, 5.74) is 0.499. The molecular formula is C15H17ClO3. The summed E-state index contributed by atoms with van der Waals surface area (Å²) in [4.78, 5) is 23.4. The van der Waals surface area contributed by atoms with Gasteiger partial charge in [-0.2, -0.15) is 0 Å². The van der Waals surface area contributed by atoms with Crippen molar-refractivity contribution < 1.29 is 14.7 Å². The van der Waals surface area contributed by atoms with Crippen molar-refractivity contribution in [3.63, 3.8) is 0 Å².